The van der Waals surface area contributed by atoms with E-state index < -0.39 is 12.0 Å². The number of nitrogens with one attached hydrogen (secondary N) is 1. The van der Waals surface area contributed by atoms with E-state index in [9.17, 15) is 14.7 Å². The van der Waals surface area contributed by atoms with Gasteiger partial charge in [0, 0.05) is 12.0 Å². The lowest BCUT2D eigenvalue weighted by Crippen LogP contribution is -2.37. The molecular formula is C20H27NO4. The zero-order valence-corrected chi connectivity index (χ0v) is 14.8. The Morgan fingerprint density at radius 1 is 1.40 bits per heavy atom. The highest BCUT2D eigenvalue weighted by Crippen LogP contribution is 2.34. The number of amides is 1. The van der Waals surface area contributed by atoms with Crippen LogP contribution in [-0.2, 0) is 14.3 Å². The molecule has 0 saturated heterocycles. The van der Waals surface area contributed by atoms with Crippen LogP contribution in [0.2, 0.25) is 0 Å². The van der Waals surface area contributed by atoms with E-state index in [0.29, 0.717) is 24.7 Å². The van der Waals surface area contributed by atoms with Gasteiger partial charge in [0.2, 0.25) is 5.91 Å². The molecule has 2 N–H and O–H groups in total. The van der Waals surface area contributed by atoms with E-state index in [1.807, 2.05) is 12.2 Å². The fraction of sp³-hybridized carbons (Fsp3) is 0.600. The molecule has 0 aromatic rings. The number of unbranched alkanes of at least 4 members (excludes halogenated alkanes) is 1. The van der Waals surface area contributed by atoms with Gasteiger partial charge in [0.05, 0.1) is 12.6 Å². The second-order valence-electron chi connectivity index (χ2n) is 7.28. The monoisotopic (exact) mass is 345 g/mol. The summed E-state index contributed by atoms with van der Waals surface area (Å²) in [7, 11) is 0. The number of ether oxygens (including phenoxy) is 1. The summed E-state index contributed by atoms with van der Waals surface area (Å²) >= 11 is 0. The Morgan fingerprint density at radius 2 is 2.20 bits per heavy atom. The molecule has 2 unspecified atom stereocenters. The van der Waals surface area contributed by atoms with Gasteiger partial charge in [-0.3, -0.25) is 4.79 Å². The second kappa shape index (κ2) is 7.89. The van der Waals surface area contributed by atoms with Gasteiger partial charge in [-0.05, 0) is 44.1 Å². The number of carbonyl (C=O) groups excluding carboxylic acids is 1. The lowest BCUT2D eigenvalue weighted by molar-refractivity contribution is -0.133. The Balaban J connectivity index is 1.85. The van der Waals surface area contributed by atoms with E-state index >= 15 is 0 Å². The molecule has 0 aromatic heterocycles. The van der Waals surface area contributed by atoms with Crippen LogP contribution in [0.3, 0.4) is 0 Å². The third kappa shape index (κ3) is 4.14. The molecule has 136 valence electrons. The van der Waals surface area contributed by atoms with Crippen molar-refractivity contribution in [1.82, 2.24) is 5.32 Å². The Bertz CT molecular complexity index is 628. The van der Waals surface area contributed by atoms with Crippen molar-refractivity contribution in [3.8, 4) is 0 Å². The van der Waals surface area contributed by atoms with Gasteiger partial charge in [-0.2, -0.15) is 0 Å². The van der Waals surface area contributed by atoms with Gasteiger partial charge < -0.3 is 15.2 Å². The molecule has 2 aliphatic carbocycles. The number of carboxylic acid groups (broad SMARTS) is 1. The maximum absolute atomic E-state index is 12.2. The van der Waals surface area contributed by atoms with E-state index in [4.69, 9.17) is 4.74 Å². The summed E-state index contributed by atoms with van der Waals surface area (Å²) in [5.74, 6) is -0.211. The molecule has 0 spiro atoms. The van der Waals surface area contributed by atoms with Crippen LogP contribution in [-0.4, -0.2) is 29.6 Å². The van der Waals surface area contributed by atoms with Crippen LogP contribution in [0.4, 0.5) is 0 Å². The average molecular weight is 345 g/mol. The lowest BCUT2D eigenvalue weighted by atomic mass is 9.86. The molecule has 25 heavy (non-hydrogen) atoms. The Hall–Kier alpha value is -2.04. The average Bonchev–Trinajstić information content (AvgIpc) is 2.78. The molecule has 5 heteroatoms. The standard InChI is InChI=1S/C20H27NO4/c1-2-3-7-14-11-18(22)21-16-10-15(14)8-9-17(19(16)20(23)24)25-12-13-5-4-6-13/h8-9,11,13,15-16H,2-7,10,12H2,1H3,(H,21,22)(H,23,24). The quantitative estimate of drug-likeness (QED) is 0.742. The molecule has 0 aromatic carbocycles. The van der Waals surface area contributed by atoms with Crippen LogP contribution in [0.15, 0.2) is 35.1 Å². The molecule has 3 rings (SSSR count). The number of hydrogen-bond donors (Lipinski definition) is 2. The van der Waals surface area contributed by atoms with Crippen molar-refractivity contribution in [1.29, 1.82) is 0 Å². The highest BCUT2D eigenvalue weighted by Gasteiger charge is 2.34. The minimum absolute atomic E-state index is 0.0784. The molecule has 0 radical (unpaired) electrons. The summed E-state index contributed by atoms with van der Waals surface area (Å²) in [6.07, 6.45) is 12.5. The first-order valence-corrected chi connectivity index (χ1v) is 9.38. The van der Waals surface area contributed by atoms with Crippen molar-refractivity contribution in [3.05, 3.63) is 35.1 Å². The highest BCUT2D eigenvalue weighted by molar-refractivity contribution is 5.94. The third-order valence-electron chi connectivity index (χ3n) is 5.44. The summed E-state index contributed by atoms with van der Waals surface area (Å²) < 4.78 is 5.88. The number of hydrogen-bond acceptors (Lipinski definition) is 3. The normalized spacial score (nSPS) is 26.3. The van der Waals surface area contributed by atoms with E-state index in [-0.39, 0.29) is 17.4 Å². The summed E-state index contributed by atoms with van der Waals surface area (Å²) in [5, 5.41) is 12.6. The number of carboxylic acids is 1. The van der Waals surface area contributed by atoms with E-state index in [0.717, 1.165) is 37.7 Å². The largest absolute Gasteiger partial charge is 0.493 e. The van der Waals surface area contributed by atoms with Crippen LogP contribution in [0, 0.1) is 11.8 Å². The van der Waals surface area contributed by atoms with Crippen molar-refractivity contribution in [2.24, 2.45) is 11.8 Å². The summed E-state index contributed by atoms with van der Waals surface area (Å²) in [6, 6.07) is -0.517. The molecule has 1 heterocycles. The SMILES string of the molecule is CCCCC1=CC(=O)NC2CC1C=CC(OCC1CCC1)=C2C(=O)O. The van der Waals surface area contributed by atoms with Crippen molar-refractivity contribution in [2.45, 2.75) is 57.9 Å². The van der Waals surface area contributed by atoms with Crippen LogP contribution in [0.25, 0.3) is 0 Å². The maximum Gasteiger partial charge on any atom is 0.337 e. The molecular weight excluding hydrogens is 318 g/mol. The zero-order chi connectivity index (χ0) is 17.8. The Labute approximate surface area is 148 Å². The van der Waals surface area contributed by atoms with Gasteiger partial charge in [0.25, 0.3) is 0 Å². The van der Waals surface area contributed by atoms with Gasteiger partial charge >= 0.3 is 5.97 Å². The van der Waals surface area contributed by atoms with Crippen LogP contribution >= 0.6 is 0 Å². The van der Waals surface area contributed by atoms with E-state index in [1.54, 1.807) is 6.08 Å². The first-order chi connectivity index (χ1) is 12.1. The molecule has 1 saturated carbocycles. The van der Waals surface area contributed by atoms with Gasteiger partial charge in [-0.1, -0.05) is 31.4 Å². The number of carbonyl (C=O) groups is 2. The molecule has 1 fully saturated rings. The van der Waals surface area contributed by atoms with Crippen molar-refractivity contribution >= 4 is 11.9 Å². The predicted octanol–water partition coefficient (Wildman–Crippen LogP) is 3.33. The minimum atomic E-state index is -1.02. The first-order valence-electron chi connectivity index (χ1n) is 9.38. The Morgan fingerprint density at radius 3 is 2.84 bits per heavy atom. The molecule has 2 bridgehead atoms. The summed E-state index contributed by atoms with van der Waals surface area (Å²) in [6.45, 7) is 2.68. The van der Waals surface area contributed by atoms with E-state index in [1.165, 1.54) is 6.42 Å². The van der Waals surface area contributed by atoms with Gasteiger partial charge in [-0.15, -0.1) is 0 Å². The minimum Gasteiger partial charge on any atom is -0.493 e. The number of allylic oxidation sites excluding steroid dienone is 3. The second-order valence-corrected chi connectivity index (χ2v) is 7.28. The van der Waals surface area contributed by atoms with Gasteiger partial charge in [-0.25, -0.2) is 4.79 Å². The smallest absolute Gasteiger partial charge is 0.337 e. The van der Waals surface area contributed by atoms with Crippen LogP contribution in [0.1, 0.15) is 51.9 Å². The van der Waals surface area contributed by atoms with Gasteiger partial charge in [0.1, 0.15) is 11.3 Å². The maximum atomic E-state index is 12.2. The topological polar surface area (TPSA) is 75.6 Å². The van der Waals surface area contributed by atoms with Crippen LogP contribution < -0.4 is 5.32 Å². The molecule has 3 aliphatic rings. The summed E-state index contributed by atoms with van der Waals surface area (Å²) in [4.78, 5) is 24.1. The Kier molecular flexibility index (Phi) is 5.61. The molecule has 1 amide bonds. The van der Waals surface area contributed by atoms with Crippen molar-refractivity contribution < 1.29 is 19.4 Å². The molecule has 1 aliphatic heterocycles. The van der Waals surface area contributed by atoms with Crippen molar-refractivity contribution in [3.63, 3.8) is 0 Å². The third-order valence-corrected chi connectivity index (χ3v) is 5.44. The number of aliphatic carboxylic acids is 1. The summed E-state index contributed by atoms with van der Waals surface area (Å²) in [5.41, 5.74) is 1.26. The molecule has 5 nitrogen and oxygen atoms in total. The van der Waals surface area contributed by atoms with Crippen LogP contribution in [0.5, 0.6) is 0 Å². The lowest BCUT2D eigenvalue weighted by Gasteiger charge is -2.26. The first kappa shape index (κ1) is 17.8. The fourth-order valence-electron chi connectivity index (χ4n) is 3.70. The fourth-order valence-corrected chi connectivity index (χ4v) is 3.70. The molecule has 2 atom stereocenters. The predicted molar refractivity (Wildman–Crippen MR) is 94.7 cm³/mol. The van der Waals surface area contributed by atoms with Gasteiger partial charge in [0.15, 0.2) is 0 Å². The number of rotatable bonds is 7. The van der Waals surface area contributed by atoms with E-state index in [2.05, 4.69) is 12.2 Å². The van der Waals surface area contributed by atoms with Crippen molar-refractivity contribution in [2.75, 3.05) is 6.61 Å². The number of fused-ring (bicyclic) bond motifs is 2. The highest BCUT2D eigenvalue weighted by atomic mass is 16.5. The zero-order valence-electron chi connectivity index (χ0n) is 14.8.